The SMILES string of the molecule is CCCCCCCC(=O)OC[C@H](O)[C@H](OC)[C@@H]1OC(C(=O)OC2(OC(=O)[C@@H](N)C(C)C)CC2)=C[C@H](N=C(N)N)[C@H]1NC(C)=O. The van der Waals surface area contributed by atoms with Crippen LogP contribution in [0.1, 0.15) is 79.1 Å². The molecular formula is C29H49N5O10. The zero-order valence-corrected chi connectivity index (χ0v) is 26.3. The van der Waals surface area contributed by atoms with Gasteiger partial charge in [-0.05, 0) is 18.4 Å². The second-order valence-electron chi connectivity index (χ2n) is 11.5. The third kappa shape index (κ3) is 11.2. The lowest BCUT2D eigenvalue weighted by molar-refractivity contribution is -0.199. The minimum absolute atomic E-state index is 0.197. The highest BCUT2D eigenvalue weighted by Gasteiger charge is 2.54. The molecule has 15 heteroatoms. The number of aliphatic imine (C=N–C) groups is 1. The van der Waals surface area contributed by atoms with Crippen molar-refractivity contribution in [3.63, 3.8) is 0 Å². The number of methoxy groups -OCH3 is 1. The van der Waals surface area contributed by atoms with Crippen LogP contribution in [0.4, 0.5) is 0 Å². The number of aliphatic hydroxyl groups excluding tert-OH is 1. The largest absolute Gasteiger partial charge is 0.478 e. The van der Waals surface area contributed by atoms with E-state index in [-0.39, 0.29) is 36.9 Å². The smallest absolute Gasteiger partial charge is 0.376 e. The molecule has 0 aromatic carbocycles. The van der Waals surface area contributed by atoms with Crippen LogP contribution >= 0.6 is 0 Å². The van der Waals surface area contributed by atoms with Crippen molar-refractivity contribution in [1.29, 1.82) is 0 Å². The lowest BCUT2D eigenvalue weighted by atomic mass is 9.92. The van der Waals surface area contributed by atoms with Gasteiger partial charge in [-0.25, -0.2) is 9.79 Å². The summed E-state index contributed by atoms with van der Waals surface area (Å²) >= 11 is 0. The van der Waals surface area contributed by atoms with Gasteiger partial charge in [-0.2, -0.15) is 0 Å². The van der Waals surface area contributed by atoms with E-state index in [2.05, 4.69) is 17.2 Å². The van der Waals surface area contributed by atoms with E-state index in [4.69, 9.17) is 40.9 Å². The molecule has 0 saturated heterocycles. The van der Waals surface area contributed by atoms with Gasteiger partial charge in [0.1, 0.15) is 24.9 Å². The molecule has 1 aliphatic carbocycles. The van der Waals surface area contributed by atoms with E-state index in [9.17, 15) is 24.3 Å². The lowest BCUT2D eigenvalue weighted by Crippen LogP contribution is -2.60. The van der Waals surface area contributed by atoms with Crippen LogP contribution in [0.15, 0.2) is 16.8 Å². The van der Waals surface area contributed by atoms with E-state index >= 15 is 0 Å². The summed E-state index contributed by atoms with van der Waals surface area (Å²) in [5, 5.41) is 13.7. The third-order valence-electron chi connectivity index (χ3n) is 7.27. The third-order valence-corrected chi connectivity index (χ3v) is 7.27. The number of hydrogen-bond donors (Lipinski definition) is 5. The number of carbonyl (C=O) groups excluding carboxylic acids is 4. The Morgan fingerprint density at radius 2 is 1.80 bits per heavy atom. The Morgan fingerprint density at radius 1 is 1.14 bits per heavy atom. The molecule has 0 bridgehead atoms. The average molecular weight is 628 g/mol. The highest BCUT2D eigenvalue weighted by atomic mass is 16.7. The van der Waals surface area contributed by atoms with Crippen molar-refractivity contribution in [3.8, 4) is 0 Å². The minimum Gasteiger partial charge on any atom is -0.478 e. The van der Waals surface area contributed by atoms with Crippen molar-refractivity contribution >= 4 is 29.8 Å². The van der Waals surface area contributed by atoms with Gasteiger partial charge in [-0.15, -0.1) is 0 Å². The average Bonchev–Trinajstić information content (AvgIpc) is 3.70. The fraction of sp³-hybridized carbons (Fsp3) is 0.759. The number of nitrogens with one attached hydrogen (secondary N) is 1. The van der Waals surface area contributed by atoms with Gasteiger partial charge >= 0.3 is 17.9 Å². The first-order valence-electron chi connectivity index (χ1n) is 15.1. The van der Waals surface area contributed by atoms with Gasteiger partial charge in [0, 0.05) is 33.3 Å². The molecule has 1 heterocycles. The quantitative estimate of drug-likeness (QED) is 0.0451. The van der Waals surface area contributed by atoms with Gasteiger partial charge in [-0.3, -0.25) is 14.4 Å². The summed E-state index contributed by atoms with van der Waals surface area (Å²) in [6, 6.07) is -3.01. The normalized spacial score (nSPS) is 22.4. The topological polar surface area (TPSA) is 237 Å². The molecule has 0 aromatic rings. The number of carbonyl (C=O) groups is 4. The zero-order valence-electron chi connectivity index (χ0n) is 26.3. The van der Waals surface area contributed by atoms with Crippen LogP contribution in [0.3, 0.4) is 0 Å². The number of esters is 3. The predicted octanol–water partition coefficient (Wildman–Crippen LogP) is 0.255. The van der Waals surface area contributed by atoms with Crippen molar-refractivity contribution in [2.24, 2.45) is 28.1 Å². The van der Waals surface area contributed by atoms with Crippen LogP contribution in [0.5, 0.6) is 0 Å². The summed E-state index contributed by atoms with van der Waals surface area (Å²) in [5.74, 6) is -5.13. The molecule has 0 radical (unpaired) electrons. The Kier molecular flexibility index (Phi) is 14.3. The monoisotopic (exact) mass is 627 g/mol. The summed E-state index contributed by atoms with van der Waals surface area (Å²) < 4.78 is 27.7. The second kappa shape index (κ2) is 17.2. The lowest BCUT2D eigenvalue weighted by Gasteiger charge is -2.40. The van der Waals surface area contributed by atoms with Crippen LogP contribution in [0.2, 0.25) is 0 Å². The molecule has 0 aromatic heterocycles. The first kappa shape index (κ1) is 36.8. The molecule has 1 amide bonds. The minimum atomic E-state index is -1.51. The van der Waals surface area contributed by atoms with Gasteiger partial charge < -0.3 is 51.3 Å². The van der Waals surface area contributed by atoms with E-state index in [0.717, 1.165) is 25.7 Å². The highest BCUT2D eigenvalue weighted by molar-refractivity contribution is 5.88. The second-order valence-corrected chi connectivity index (χ2v) is 11.5. The molecule has 0 spiro atoms. The van der Waals surface area contributed by atoms with E-state index in [1.54, 1.807) is 13.8 Å². The van der Waals surface area contributed by atoms with Crippen LogP contribution in [0, 0.1) is 5.92 Å². The van der Waals surface area contributed by atoms with E-state index < -0.39 is 72.6 Å². The van der Waals surface area contributed by atoms with Crippen molar-refractivity contribution in [3.05, 3.63) is 11.8 Å². The number of rotatable bonds is 18. The van der Waals surface area contributed by atoms with Gasteiger partial charge in [-0.1, -0.05) is 46.5 Å². The summed E-state index contributed by atoms with van der Waals surface area (Å²) in [6.45, 7) is 6.42. The fourth-order valence-corrected chi connectivity index (χ4v) is 4.59. The van der Waals surface area contributed by atoms with E-state index in [1.165, 1.54) is 20.1 Å². The van der Waals surface area contributed by atoms with Gasteiger partial charge in [0.15, 0.2) is 12.1 Å². The first-order chi connectivity index (χ1) is 20.7. The standard InChI is InChI=1S/C29H49N5O10/c1-6-7-8-9-10-11-21(37)41-15-19(36)24(40-5)25-23(33-17(4)35)18(34-28(31)32)14-20(42-25)26(38)43-29(12-13-29)44-27(39)22(30)16(2)3/h14,16,18-19,22-25,36H,6-13,15,30H2,1-5H3,(H,33,35)(H4,31,32,34)/t18-,19-,22-,23+,24-,25+/m0/s1. The molecule has 6 atom stereocenters. The van der Waals surface area contributed by atoms with Gasteiger partial charge in [0.2, 0.25) is 11.7 Å². The molecular weight excluding hydrogens is 578 g/mol. The number of nitrogens with two attached hydrogens (primary N) is 3. The number of guanidine groups is 1. The summed E-state index contributed by atoms with van der Waals surface area (Å²) in [7, 11) is 1.28. The summed E-state index contributed by atoms with van der Waals surface area (Å²) in [5.41, 5.74) is 17.2. The maximum absolute atomic E-state index is 13.3. The summed E-state index contributed by atoms with van der Waals surface area (Å²) in [4.78, 5) is 54.3. The maximum atomic E-state index is 13.3. The summed E-state index contributed by atoms with van der Waals surface area (Å²) in [6.07, 6.45) is 2.74. The van der Waals surface area contributed by atoms with Crippen molar-refractivity contribution in [2.45, 2.75) is 121 Å². The number of hydrogen-bond acceptors (Lipinski definition) is 12. The predicted molar refractivity (Wildman–Crippen MR) is 158 cm³/mol. The molecule has 1 aliphatic heterocycles. The number of ether oxygens (including phenoxy) is 5. The maximum Gasteiger partial charge on any atom is 0.376 e. The molecule has 2 rings (SSSR count). The molecule has 1 saturated carbocycles. The molecule has 1 fully saturated rings. The van der Waals surface area contributed by atoms with Crippen molar-refractivity contribution in [1.82, 2.24) is 5.32 Å². The van der Waals surface area contributed by atoms with Gasteiger partial charge in [0.25, 0.3) is 5.79 Å². The fourth-order valence-electron chi connectivity index (χ4n) is 4.59. The molecule has 250 valence electrons. The Hall–Kier alpha value is -3.43. The van der Waals surface area contributed by atoms with Crippen LogP contribution in [0.25, 0.3) is 0 Å². The molecule has 8 N–H and O–H groups in total. The number of amides is 1. The Labute approximate surface area is 258 Å². The Morgan fingerprint density at radius 3 is 2.34 bits per heavy atom. The van der Waals surface area contributed by atoms with Gasteiger partial charge in [0.05, 0.1) is 12.1 Å². The van der Waals surface area contributed by atoms with E-state index in [1.807, 2.05) is 0 Å². The highest BCUT2D eigenvalue weighted by Crippen LogP contribution is 2.42. The van der Waals surface area contributed by atoms with Crippen molar-refractivity contribution < 1.29 is 48.0 Å². The number of aliphatic hydroxyl groups is 1. The van der Waals surface area contributed by atoms with Crippen LogP contribution in [-0.2, 0) is 42.9 Å². The molecule has 44 heavy (non-hydrogen) atoms. The zero-order chi connectivity index (χ0) is 33.0. The first-order valence-corrected chi connectivity index (χ1v) is 15.1. The van der Waals surface area contributed by atoms with Crippen LogP contribution < -0.4 is 22.5 Å². The molecule has 0 unspecified atom stereocenters. The Bertz CT molecular complexity index is 1060. The Balaban J connectivity index is 2.24. The number of unbranched alkanes of at least 4 members (excludes halogenated alkanes) is 4. The number of nitrogens with zero attached hydrogens (tertiary/aromatic N) is 1. The molecule has 2 aliphatic rings. The van der Waals surface area contributed by atoms with E-state index in [0.29, 0.717) is 6.42 Å². The molecule has 15 nitrogen and oxygen atoms in total. The van der Waals surface area contributed by atoms with Crippen molar-refractivity contribution in [2.75, 3.05) is 13.7 Å². The van der Waals surface area contributed by atoms with Crippen LogP contribution in [-0.4, -0.2) is 90.8 Å².